The molecule has 1 aliphatic heterocycles. The van der Waals surface area contributed by atoms with Gasteiger partial charge in [0.15, 0.2) is 22.4 Å². The quantitative estimate of drug-likeness (QED) is 0.735. The normalized spacial score (nSPS) is 12.4. The monoisotopic (exact) mass is 349 g/mol. The van der Waals surface area contributed by atoms with Crippen LogP contribution in [0.4, 0.5) is 24.4 Å². The zero-order valence-electron chi connectivity index (χ0n) is 11.9. The van der Waals surface area contributed by atoms with Crippen LogP contribution in [0.2, 0.25) is 0 Å². The van der Waals surface area contributed by atoms with Crippen LogP contribution in [-0.2, 0) is 0 Å². The number of hydrogen-bond donors (Lipinski definition) is 2. The molecule has 0 fully saturated rings. The number of ether oxygens (including phenoxy) is 2. The molecule has 0 saturated carbocycles. The van der Waals surface area contributed by atoms with Crippen LogP contribution in [0, 0.1) is 11.6 Å². The summed E-state index contributed by atoms with van der Waals surface area (Å²) < 4.78 is 37.5. The van der Waals surface area contributed by atoms with Gasteiger partial charge in [-0.2, -0.15) is 0 Å². The highest BCUT2D eigenvalue weighted by atomic mass is 32.1. The van der Waals surface area contributed by atoms with E-state index < -0.39 is 17.7 Å². The molecule has 3 aromatic rings. The van der Waals surface area contributed by atoms with Gasteiger partial charge in [0.25, 0.3) is 0 Å². The predicted octanol–water partition coefficient (Wildman–Crippen LogP) is 3.95. The zero-order chi connectivity index (χ0) is 16.7. The fraction of sp³-hybridized carbons (Fsp3) is 0.0667. The number of aromatic nitrogens is 1. The number of nitrogens with zero attached hydrogens (tertiary/aromatic N) is 1. The molecule has 0 radical (unpaired) electrons. The fourth-order valence-electron chi connectivity index (χ4n) is 2.24. The van der Waals surface area contributed by atoms with Crippen molar-refractivity contribution in [3.8, 4) is 11.5 Å². The van der Waals surface area contributed by atoms with Gasteiger partial charge in [-0.3, -0.25) is 5.32 Å². The Bertz CT molecular complexity index is 961. The maximum Gasteiger partial charge on any atom is 0.325 e. The summed E-state index contributed by atoms with van der Waals surface area (Å²) in [5, 5.41) is 5.25. The van der Waals surface area contributed by atoms with Gasteiger partial charge in [0, 0.05) is 17.8 Å². The van der Waals surface area contributed by atoms with Crippen molar-refractivity contribution in [2.24, 2.45) is 0 Å². The molecule has 24 heavy (non-hydrogen) atoms. The lowest BCUT2D eigenvalue weighted by atomic mass is 10.3. The number of carbonyl (C=O) groups excluding carboxylic acids is 1. The minimum Gasteiger partial charge on any atom is -0.454 e. The number of fused-ring (bicyclic) bond motifs is 2. The van der Waals surface area contributed by atoms with Gasteiger partial charge < -0.3 is 14.8 Å². The Hall–Kier alpha value is -2.94. The lowest BCUT2D eigenvalue weighted by molar-refractivity contribution is 0.174. The highest BCUT2D eigenvalue weighted by molar-refractivity contribution is 7.22. The molecule has 2 aromatic carbocycles. The molecule has 0 atom stereocenters. The third-order valence-electron chi connectivity index (χ3n) is 3.26. The summed E-state index contributed by atoms with van der Waals surface area (Å²) in [4.78, 5) is 16.0. The number of rotatable bonds is 2. The molecule has 1 aliphatic rings. The SMILES string of the molecule is O=C(Nc1ccc2c(c1)OCO2)Nc1nc2c(F)cc(F)cc2s1. The Balaban J connectivity index is 1.51. The first-order chi connectivity index (χ1) is 11.6. The molecule has 0 saturated heterocycles. The number of anilines is 2. The molecule has 2 heterocycles. The molecule has 2 N–H and O–H groups in total. The van der Waals surface area contributed by atoms with Crippen LogP contribution in [0.5, 0.6) is 11.5 Å². The first-order valence-electron chi connectivity index (χ1n) is 6.82. The molecule has 9 heteroatoms. The summed E-state index contributed by atoms with van der Waals surface area (Å²) in [5.41, 5.74) is 0.509. The van der Waals surface area contributed by atoms with Crippen molar-refractivity contribution in [2.45, 2.75) is 0 Å². The number of nitrogens with one attached hydrogen (secondary N) is 2. The summed E-state index contributed by atoms with van der Waals surface area (Å²) in [5.74, 6) is -0.333. The first kappa shape index (κ1) is 14.6. The smallest absolute Gasteiger partial charge is 0.325 e. The number of urea groups is 1. The van der Waals surface area contributed by atoms with E-state index in [0.717, 1.165) is 23.5 Å². The van der Waals surface area contributed by atoms with Crippen molar-refractivity contribution < 1.29 is 23.0 Å². The number of thiazole rings is 1. The van der Waals surface area contributed by atoms with Crippen molar-refractivity contribution in [3.63, 3.8) is 0 Å². The Labute approximate surface area is 138 Å². The summed E-state index contributed by atoms with van der Waals surface area (Å²) in [6.45, 7) is 0.138. The van der Waals surface area contributed by atoms with Crippen molar-refractivity contribution in [1.29, 1.82) is 0 Å². The topological polar surface area (TPSA) is 72.5 Å². The molecular formula is C15H9F2N3O3S. The van der Waals surface area contributed by atoms with Gasteiger partial charge in [-0.05, 0) is 18.2 Å². The van der Waals surface area contributed by atoms with Crippen LogP contribution in [0.15, 0.2) is 30.3 Å². The third-order valence-corrected chi connectivity index (χ3v) is 4.18. The van der Waals surface area contributed by atoms with E-state index in [1.165, 1.54) is 0 Å². The second kappa shape index (κ2) is 5.60. The van der Waals surface area contributed by atoms with Crippen LogP contribution >= 0.6 is 11.3 Å². The standard InChI is InChI=1S/C15H9F2N3O3S/c16-7-3-9(17)13-12(4-7)24-15(19-13)20-14(21)18-8-1-2-10-11(5-8)23-6-22-10/h1-5H,6H2,(H2,18,19,20,21). The minimum absolute atomic E-state index is 0.0137. The molecule has 0 bridgehead atoms. The average molecular weight is 349 g/mol. The molecule has 2 amide bonds. The van der Waals surface area contributed by atoms with Crippen LogP contribution in [0.25, 0.3) is 10.2 Å². The molecule has 0 aliphatic carbocycles. The fourth-order valence-corrected chi connectivity index (χ4v) is 3.14. The van der Waals surface area contributed by atoms with E-state index in [4.69, 9.17) is 9.47 Å². The molecule has 4 rings (SSSR count). The third kappa shape index (κ3) is 2.69. The molecule has 122 valence electrons. The van der Waals surface area contributed by atoms with Gasteiger partial charge >= 0.3 is 6.03 Å². The van der Waals surface area contributed by atoms with Gasteiger partial charge in [-0.1, -0.05) is 11.3 Å². The van der Waals surface area contributed by atoms with Gasteiger partial charge in [0.1, 0.15) is 11.3 Å². The second-order valence-corrected chi connectivity index (χ2v) is 5.93. The van der Waals surface area contributed by atoms with E-state index in [-0.39, 0.29) is 17.4 Å². The average Bonchev–Trinajstić information content (AvgIpc) is 3.12. The Kier molecular flexibility index (Phi) is 3.42. The maximum absolute atomic E-state index is 13.6. The van der Waals surface area contributed by atoms with E-state index in [2.05, 4.69) is 15.6 Å². The highest BCUT2D eigenvalue weighted by Crippen LogP contribution is 2.34. The van der Waals surface area contributed by atoms with Crippen LogP contribution in [0.1, 0.15) is 0 Å². The van der Waals surface area contributed by atoms with E-state index in [1.54, 1.807) is 18.2 Å². The lowest BCUT2D eigenvalue weighted by Crippen LogP contribution is -2.19. The second-order valence-electron chi connectivity index (χ2n) is 4.90. The highest BCUT2D eigenvalue weighted by Gasteiger charge is 2.15. The molecule has 1 aromatic heterocycles. The van der Waals surface area contributed by atoms with E-state index in [0.29, 0.717) is 21.9 Å². The molecule has 0 unspecified atom stereocenters. The van der Waals surface area contributed by atoms with Crippen LogP contribution in [-0.4, -0.2) is 17.8 Å². The van der Waals surface area contributed by atoms with Crippen molar-refractivity contribution in [2.75, 3.05) is 17.4 Å². The van der Waals surface area contributed by atoms with E-state index in [1.807, 2.05) is 0 Å². The Morgan fingerprint density at radius 2 is 1.96 bits per heavy atom. The number of hydrogen-bond acceptors (Lipinski definition) is 5. The summed E-state index contributed by atoms with van der Waals surface area (Å²) >= 11 is 0.977. The maximum atomic E-state index is 13.6. The van der Waals surface area contributed by atoms with Gasteiger partial charge in [-0.25, -0.2) is 18.6 Å². The minimum atomic E-state index is -0.773. The Morgan fingerprint density at radius 1 is 1.12 bits per heavy atom. The number of amides is 2. The lowest BCUT2D eigenvalue weighted by Gasteiger charge is -2.06. The summed E-state index contributed by atoms with van der Waals surface area (Å²) in [6.07, 6.45) is 0. The Morgan fingerprint density at radius 3 is 2.83 bits per heavy atom. The van der Waals surface area contributed by atoms with E-state index >= 15 is 0 Å². The molecular weight excluding hydrogens is 340 g/mol. The van der Waals surface area contributed by atoms with Crippen molar-refractivity contribution in [3.05, 3.63) is 42.0 Å². The van der Waals surface area contributed by atoms with Gasteiger partial charge in [0.05, 0.1) is 4.70 Å². The number of halogens is 2. The van der Waals surface area contributed by atoms with Gasteiger partial charge in [0.2, 0.25) is 6.79 Å². The number of carbonyl (C=O) groups is 1. The van der Waals surface area contributed by atoms with Crippen molar-refractivity contribution >= 4 is 38.4 Å². The van der Waals surface area contributed by atoms with Crippen LogP contribution < -0.4 is 20.1 Å². The van der Waals surface area contributed by atoms with Gasteiger partial charge in [-0.15, -0.1) is 0 Å². The first-order valence-corrected chi connectivity index (χ1v) is 7.63. The predicted molar refractivity (Wildman–Crippen MR) is 84.7 cm³/mol. The van der Waals surface area contributed by atoms with Crippen LogP contribution in [0.3, 0.4) is 0 Å². The zero-order valence-corrected chi connectivity index (χ0v) is 12.7. The molecule has 6 nitrogen and oxygen atoms in total. The van der Waals surface area contributed by atoms with Crippen molar-refractivity contribution in [1.82, 2.24) is 4.98 Å². The molecule has 0 spiro atoms. The summed E-state index contributed by atoms with van der Waals surface area (Å²) in [6, 6.07) is 6.30. The largest absolute Gasteiger partial charge is 0.454 e. The summed E-state index contributed by atoms with van der Waals surface area (Å²) in [7, 11) is 0. The number of benzene rings is 2. The van der Waals surface area contributed by atoms with E-state index in [9.17, 15) is 13.6 Å².